The summed E-state index contributed by atoms with van der Waals surface area (Å²) < 4.78 is 0. The second kappa shape index (κ2) is 6.73. The Balaban J connectivity index is 2.56. The molecule has 104 valence electrons. The van der Waals surface area contributed by atoms with Crippen molar-refractivity contribution >= 4 is 11.8 Å². The van der Waals surface area contributed by atoms with Crippen LogP contribution in [0.2, 0.25) is 0 Å². The Bertz CT molecular complexity index is 305. The molecule has 0 aromatic carbocycles. The standard InChI is InChI=1S/C13H25N3O2/c1-4-11(17)15-6-5-7-16(9-8-15)13(18)12(14)10(2)3/h10,12H,4-9,14H2,1-3H3/t12-/m0/s1. The predicted octanol–water partition coefficient (Wildman–Crippen LogP) is 0.441. The number of nitrogens with two attached hydrogens (primary N) is 1. The Morgan fingerprint density at radius 1 is 1.11 bits per heavy atom. The van der Waals surface area contributed by atoms with Gasteiger partial charge in [-0.1, -0.05) is 20.8 Å². The molecule has 0 aliphatic carbocycles. The lowest BCUT2D eigenvalue weighted by molar-refractivity contribution is -0.134. The molecule has 0 radical (unpaired) electrons. The first-order valence-corrected chi connectivity index (χ1v) is 6.79. The molecule has 1 atom stereocenters. The van der Waals surface area contributed by atoms with Crippen LogP contribution in [0.25, 0.3) is 0 Å². The van der Waals surface area contributed by atoms with Gasteiger partial charge in [-0.15, -0.1) is 0 Å². The maximum absolute atomic E-state index is 12.1. The zero-order valence-electron chi connectivity index (χ0n) is 11.7. The van der Waals surface area contributed by atoms with Crippen LogP contribution in [0, 0.1) is 5.92 Å². The number of carbonyl (C=O) groups excluding carboxylic acids is 2. The number of rotatable bonds is 3. The normalized spacial score (nSPS) is 18.7. The molecule has 1 fully saturated rings. The van der Waals surface area contributed by atoms with Crippen LogP contribution in [0.4, 0.5) is 0 Å². The maximum atomic E-state index is 12.1. The van der Waals surface area contributed by atoms with Gasteiger partial charge >= 0.3 is 0 Å². The van der Waals surface area contributed by atoms with Crippen LogP contribution in [0.15, 0.2) is 0 Å². The quantitative estimate of drug-likeness (QED) is 0.796. The summed E-state index contributed by atoms with van der Waals surface area (Å²) in [5.41, 5.74) is 5.89. The summed E-state index contributed by atoms with van der Waals surface area (Å²) in [4.78, 5) is 27.4. The molecular formula is C13H25N3O2. The third kappa shape index (κ3) is 3.70. The highest BCUT2D eigenvalue weighted by molar-refractivity contribution is 5.82. The lowest BCUT2D eigenvalue weighted by Gasteiger charge is -2.26. The van der Waals surface area contributed by atoms with E-state index in [1.165, 1.54) is 0 Å². The van der Waals surface area contributed by atoms with Crippen LogP contribution in [-0.4, -0.2) is 53.8 Å². The number of hydrogen-bond donors (Lipinski definition) is 1. The first-order chi connectivity index (χ1) is 8.47. The fraction of sp³-hybridized carbons (Fsp3) is 0.846. The van der Waals surface area contributed by atoms with Crippen LogP contribution in [0.5, 0.6) is 0 Å². The zero-order valence-corrected chi connectivity index (χ0v) is 11.7. The Labute approximate surface area is 109 Å². The molecule has 1 aliphatic heterocycles. The van der Waals surface area contributed by atoms with Crippen LogP contribution in [-0.2, 0) is 9.59 Å². The summed E-state index contributed by atoms with van der Waals surface area (Å²) in [7, 11) is 0. The Morgan fingerprint density at radius 3 is 2.22 bits per heavy atom. The van der Waals surface area contributed by atoms with Gasteiger partial charge < -0.3 is 15.5 Å². The lowest BCUT2D eigenvalue weighted by atomic mass is 10.0. The molecule has 0 aromatic heterocycles. The van der Waals surface area contributed by atoms with Crippen molar-refractivity contribution in [3.05, 3.63) is 0 Å². The first kappa shape index (κ1) is 15.0. The molecule has 1 saturated heterocycles. The highest BCUT2D eigenvalue weighted by Gasteiger charge is 2.26. The molecule has 0 saturated carbocycles. The summed E-state index contributed by atoms with van der Waals surface area (Å²) >= 11 is 0. The summed E-state index contributed by atoms with van der Waals surface area (Å²) in [5.74, 6) is 0.322. The van der Waals surface area contributed by atoms with Gasteiger partial charge in [-0.25, -0.2) is 0 Å². The van der Waals surface area contributed by atoms with Gasteiger partial charge in [0.1, 0.15) is 0 Å². The molecular weight excluding hydrogens is 230 g/mol. The van der Waals surface area contributed by atoms with E-state index in [1.807, 2.05) is 25.7 Å². The van der Waals surface area contributed by atoms with Gasteiger partial charge in [-0.2, -0.15) is 0 Å². The minimum atomic E-state index is -0.432. The van der Waals surface area contributed by atoms with Crippen LogP contribution < -0.4 is 5.73 Å². The van der Waals surface area contributed by atoms with Gasteiger partial charge in [0.05, 0.1) is 6.04 Å². The molecule has 0 spiro atoms. The lowest BCUT2D eigenvalue weighted by Crippen LogP contribution is -2.47. The van der Waals surface area contributed by atoms with Crippen molar-refractivity contribution in [2.75, 3.05) is 26.2 Å². The van der Waals surface area contributed by atoms with Crippen molar-refractivity contribution in [1.82, 2.24) is 9.80 Å². The molecule has 0 unspecified atom stereocenters. The van der Waals surface area contributed by atoms with Gasteiger partial charge in [0.2, 0.25) is 11.8 Å². The second-order valence-corrected chi connectivity index (χ2v) is 5.18. The predicted molar refractivity (Wildman–Crippen MR) is 70.9 cm³/mol. The van der Waals surface area contributed by atoms with Gasteiger partial charge in [0.25, 0.3) is 0 Å². The molecule has 0 bridgehead atoms. The van der Waals surface area contributed by atoms with E-state index in [0.29, 0.717) is 26.1 Å². The molecule has 1 heterocycles. The summed E-state index contributed by atoms with van der Waals surface area (Å²) in [6.45, 7) is 8.44. The molecule has 1 rings (SSSR count). The van der Waals surface area contributed by atoms with E-state index in [1.54, 1.807) is 4.90 Å². The smallest absolute Gasteiger partial charge is 0.239 e. The fourth-order valence-corrected chi connectivity index (χ4v) is 2.11. The molecule has 2 N–H and O–H groups in total. The highest BCUT2D eigenvalue weighted by atomic mass is 16.2. The van der Waals surface area contributed by atoms with Crippen LogP contribution >= 0.6 is 0 Å². The average molecular weight is 255 g/mol. The third-order valence-corrected chi connectivity index (χ3v) is 3.47. The largest absolute Gasteiger partial charge is 0.341 e. The summed E-state index contributed by atoms with van der Waals surface area (Å²) in [6.07, 6.45) is 1.36. The number of carbonyl (C=O) groups is 2. The Kier molecular flexibility index (Phi) is 5.59. The second-order valence-electron chi connectivity index (χ2n) is 5.18. The minimum Gasteiger partial charge on any atom is -0.341 e. The number of nitrogens with zero attached hydrogens (tertiary/aromatic N) is 2. The van der Waals surface area contributed by atoms with E-state index < -0.39 is 6.04 Å². The van der Waals surface area contributed by atoms with E-state index >= 15 is 0 Å². The summed E-state index contributed by atoms with van der Waals surface area (Å²) in [5, 5.41) is 0. The molecule has 5 heteroatoms. The summed E-state index contributed by atoms with van der Waals surface area (Å²) in [6, 6.07) is -0.432. The van der Waals surface area contributed by atoms with Gasteiger partial charge in [-0.05, 0) is 12.3 Å². The van der Waals surface area contributed by atoms with Crippen molar-refractivity contribution in [3.8, 4) is 0 Å². The van der Waals surface area contributed by atoms with Crippen molar-refractivity contribution in [2.24, 2.45) is 11.7 Å². The fourth-order valence-electron chi connectivity index (χ4n) is 2.11. The molecule has 0 aromatic rings. The third-order valence-electron chi connectivity index (χ3n) is 3.47. The SMILES string of the molecule is CCC(=O)N1CCCN(C(=O)[C@@H](N)C(C)C)CC1. The molecule has 5 nitrogen and oxygen atoms in total. The van der Waals surface area contributed by atoms with E-state index in [2.05, 4.69) is 0 Å². The average Bonchev–Trinajstić information content (AvgIpc) is 2.61. The first-order valence-electron chi connectivity index (χ1n) is 6.79. The Hall–Kier alpha value is -1.10. The molecule has 1 aliphatic rings. The van der Waals surface area contributed by atoms with Gasteiger partial charge in [-0.3, -0.25) is 9.59 Å². The Morgan fingerprint density at radius 2 is 1.67 bits per heavy atom. The van der Waals surface area contributed by atoms with E-state index in [4.69, 9.17) is 5.73 Å². The van der Waals surface area contributed by atoms with Crippen molar-refractivity contribution in [3.63, 3.8) is 0 Å². The van der Waals surface area contributed by atoms with E-state index in [0.717, 1.165) is 13.0 Å². The van der Waals surface area contributed by atoms with Crippen molar-refractivity contribution in [1.29, 1.82) is 0 Å². The van der Waals surface area contributed by atoms with Crippen molar-refractivity contribution in [2.45, 2.75) is 39.7 Å². The number of amides is 2. The van der Waals surface area contributed by atoms with Gasteiger partial charge in [0, 0.05) is 32.6 Å². The van der Waals surface area contributed by atoms with Crippen LogP contribution in [0.1, 0.15) is 33.6 Å². The molecule has 18 heavy (non-hydrogen) atoms. The zero-order chi connectivity index (χ0) is 13.7. The van der Waals surface area contributed by atoms with Crippen molar-refractivity contribution < 1.29 is 9.59 Å². The van der Waals surface area contributed by atoms with E-state index in [-0.39, 0.29) is 17.7 Å². The number of hydrogen-bond acceptors (Lipinski definition) is 3. The highest BCUT2D eigenvalue weighted by Crippen LogP contribution is 2.09. The molecule has 2 amide bonds. The van der Waals surface area contributed by atoms with E-state index in [9.17, 15) is 9.59 Å². The topological polar surface area (TPSA) is 66.6 Å². The monoisotopic (exact) mass is 255 g/mol. The van der Waals surface area contributed by atoms with Crippen LogP contribution in [0.3, 0.4) is 0 Å². The van der Waals surface area contributed by atoms with Gasteiger partial charge in [0.15, 0.2) is 0 Å². The minimum absolute atomic E-state index is 0.01000. The maximum Gasteiger partial charge on any atom is 0.239 e.